The van der Waals surface area contributed by atoms with Gasteiger partial charge < -0.3 is 20.3 Å². The molecule has 4 rings (SSSR count). The summed E-state index contributed by atoms with van der Waals surface area (Å²) in [7, 11) is 0. The van der Waals surface area contributed by atoms with E-state index in [4.69, 9.17) is 9.84 Å². The Balaban J connectivity index is 1.54. The number of hydrogen-bond donors (Lipinski definition) is 3. The van der Waals surface area contributed by atoms with Crippen LogP contribution < -0.4 is 15.6 Å². The van der Waals surface area contributed by atoms with E-state index >= 15 is 0 Å². The molecule has 0 saturated carbocycles. The highest BCUT2D eigenvalue weighted by Gasteiger charge is 2.25. The summed E-state index contributed by atoms with van der Waals surface area (Å²) in [5, 5.41) is 31.7. The van der Waals surface area contributed by atoms with Crippen molar-refractivity contribution in [2.24, 2.45) is 5.92 Å². The van der Waals surface area contributed by atoms with E-state index in [9.17, 15) is 14.7 Å². The zero-order valence-electron chi connectivity index (χ0n) is 20.1. The number of aliphatic hydroxyl groups excluding tert-OH is 2. The summed E-state index contributed by atoms with van der Waals surface area (Å²) in [4.78, 5) is 26.1. The van der Waals surface area contributed by atoms with Gasteiger partial charge in [-0.3, -0.25) is 14.3 Å². The minimum absolute atomic E-state index is 0.0843. The maximum atomic E-state index is 13.1. The average molecular weight is 492 g/mol. The zero-order valence-corrected chi connectivity index (χ0v) is 20.1. The van der Waals surface area contributed by atoms with Gasteiger partial charge in [-0.25, -0.2) is 4.68 Å². The number of ether oxygens (including phenoxy) is 1. The molecule has 4 aromatic rings. The average Bonchev–Trinajstić information content (AvgIpc) is 3.29. The van der Waals surface area contributed by atoms with Crippen LogP contribution in [-0.4, -0.2) is 48.4 Å². The third-order valence-electron chi connectivity index (χ3n) is 5.57. The van der Waals surface area contributed by atoms with E-state index < -0.39 is 30.2 Å². The first-order chi connectivity index (χ1) is 17.3. The van der Waals surface area contributed by atoms with Crippen LogP contribution in [0.5, 0.6) is 11.5 Å². The fourth-order valence-electron chi connectivity index (χ4n) is 3.88. The first-order valence-electron chi connectivity index (χ1n) is 11.7. The predicted octanol–water partition coefficient (Wildman–Crippen LogP) is 2.96. The number of rotatable bonds is 10. The fourth-order valence-corrected chi connectivity index (χ4v) is 3.88. The molecule has 0 aliphatic carbocycles. The van der Waals surface area contributed by atoms with Gasteiger partial charge in [-0.05, 0) is 23.8 Å². The number of carbonyl (C=O) groups excluding carboxylic acids is 1. The smallest absolute Gasteiger partial charge is 0.271 e. The molecule has 1 amide bonds. The Hall–Kier alpha value is -4.02. The summed E-state index contributed by atoms with van der Waals surface area (Å²) >= 11 is 0. The lowest BCUT2D eigenvalue weighted by Crippen LogP contribution is -2.35. The van der Waals surface area contributed by atoms with Gasteiger partial charge in [0.15, 0.2) is 11.6 Å². The van der Waals surface area contributed by atoms with Gasteiger partial charge in [-0.1, -0.05) is 50.2 Å². The van der Waals surface area contributed by atoms with Crippen molar-refractivity contribution in [3.8, 4) is 11.5 Å². The molecule has 2 atom stereocenters. The Labute approximate surface area is 207 Å². The maximum Gasteiger partial charge on any atom is 0.271 e. The third kappa shape index (κ3) is 5.96. The SMILES string of the molecule is CC(C)C[C@H](C(=O)Nc1ccn(C[C@@H](O)CO)n1)n1ncc(Oc2cccc3ccccc23)cc1=O. The number of benzene rings is 2. The van der Waals surface area contributed by atoms with Crippen LogP contribution in [0, 0.1) is 5.92 Å². The number of nitrogens with zero attached hydrogens (tertiary/aromatic N) is 4. The van der Waals surface area contributed by atoms with Gasteiger partial charge in [-0.15, -0.1) is 0 Å². The molecule has 10 heteroatoms. The molecule has 2 aromatic carbocycles. The quantitative estimate of drug-likeness (QED) is 0.311. The van der Waals surface area contributed by atoms with Crippen LogP contribution in [0.3, 0.4) is 0 Å². The molecule has 0 unspecified atom stereocenters. The van der Waals surface area contributed by atoms with Crippen LogP contribution in [0.25, 0.3) is 10.8 Å². The normalized spacial score (nSPS) is 13.0. The number of aromatic nitrogens is 4. The number of amides is 1. The van der Waals surface area contributed by atoms with Crippen molar-refractivity contribution in [3.05, 3.63) is 77.3 Å². The lowest BCUT2D eigenvalue weighted by atomic mass is 10.0. The Morgan fingerprint density at radius 2 is 1.92 bits per heavy atom. The van der Waals surface area contributed by atoms with Gasteiger partial charge in [0.2, 0.25) is 0 Å². The molecule has 3 N–H and O–H groups in total. The van der Waals surface area contributed by atoms with Crippen LogP contribution in [0.4, 0.5) is 5.82 Å². The van der Waals surface area contributed by atoms with Crippen molar-refractivity contribution in [1.29, 1.82) is 0 Å². The Kier molecular flexibility index (Phi) is 7.77. The summed E-state index contributed by atoms with van der Waals surface area (Å²) in [6.45, 7) is 3.59. The van der Waals surface area contributed by atoms with E-state index in [-0.39, 0.29) is 24.0 Å². The first-order valence-corrected chi connectivity index (χ1v) is 11.7. The van der Waals surface area contributed by atoms with E-state index in [1.165, 1.54) is 16.9 Å². The highest BCUT2D eigenvalue weighted by molar-refractivity contribution is 5.92. The van der Waals surface area contributed by atoms with Crippen molar-refractivity contribution in [3.63, 3.8) is 0 Å². The predicted molar refractivity (Wildman–Crippen MR) is 135 cm³/mol. The second kappa shape index (κ2) is 11.1. The minimum Gasteiger partial charge on any atom is -0.455 e. The molecule has 0 spiro atoms. The van der Waals surface area contributed by atoms with Crippen molar-refractivity contribution < 1.29 is 19.7 Å². The first kappa shape index (κ1) is 25.1. The monoisotopic (exact) mass is 491 g/mol. The lowest BCUT2D eigenvalue weighted by molar-refractivity contribution is -0.120. The van der Waals surface area contributed by atoms with E-state index in [2.05, 4.69) is 15.5 Å². The largest absolute Gasteiger partial charge is 0.455 e. The van der Waals surface area contributed by atoms with Gasteiger partial charge in [0.05, 0.1) is 25.5 Å². The molecule has 2 heterocycles. The molecule has 0 saturated heterocycles. The number of nitrogens with one attached hydrogen (secondary N) is 1. The van der Waals surface area contributed by atoms with E-state index in [0.717, 1.165) is 15.5 Å². The van der Waals surface area contributed by atoms with Crippen LogP contribution in [0.1, 0.15) is 26.3 Å². The topological polar surface area (TPSA) is 132 Å². The standard InChI is InChI=1S/C26H29N5O5/c1-17(2)12-22(26(35)28-24-10-11-30(29-24)15-19(33)16-32)31-25(34)13-20(14-27-31)36-23-9-5-7-18-6-3-4-8-21(18)23/h3-11,13-14,17,19,22,32-33H,12,15-16H2,1-2H3,(H,28,29,35)/t19-,22-/m1/s1. The summed E-state index contributed by atoms with van der Waals surface area (Å²) in [6.07, 6.45) is 2.43. The van der Waals surface area contributed by atoms with Crippen LogP contribution >= 0.6 is 0 Å². The summed E-state index contributed by atoms with van der Waals surface area (Å²) in [5.41, 5.74) is -0.467. The summed E-state index contributed by atoms with van der Waals surface area (Å²) in [5.74, 6) is 0.818. The molecule has 2 aromatic heterocycles. The molecular weight excluding hydrogens is 462 g/mol. The Morgan fingerprint density at radius 3 is 2.67 bits per heavy atom. The highest BCUT2D eigenvalue weighted by atomic mass is 16.5. The van der Waals surface area contributed by atoms with Crippen molar-refractivity contribution >= 4 is 22.5 Å². The number of fused-ring (bicyclic) bond motifs is 1. The van der Waals surface area contributed by atoms with Crippen molar-refractivity contribution in [1.82, 2.24) is 19.6 Å². The minimum atomic E-state index is -0.959. The lowest BCUT2D eigenvalue weighted by Gasteiger charge is -2.19. The molecule has 0 bridgehead atoms. The molecule has 0 fully saturated rings. The van der Waals surface area contributed by atoms with Gasteiger partial charge in [0.25, 0.3) is 11.5 Å². The summed E-state index contributed by atoms with van der Waals surface area (Å²) in [6, 6.07) is 15.5. The van der Waals surface area contributed by atoms with Crippen molar-refractivity contribution in [2.75, 3.05) is 11.9 Å². The second-order valence-corrected chi connectivity index (χ2v) is 8.95. The molecule has 0 radical (unpaired) electrons. The van der Waals surface area contributed by atoms with Gasteiger partial charge in [0, 0.05) is 23.7 Å². The number of aliphatic hydroxyl groups is 2. The molecule has 10 nitrogen and oxygen atoms in total. The molecule has 36 heavy (non-hydrogen) atoms. The Morgan fingerprint density at radius 1 is 1.14 bits per heavy atom. The van der Waals surface area contributed by atoms with Gasteiger partial charge in [0.1, 0.15) is 11.8 Å². The number of hydrogen-bond acceptors (Lipinski definition) is 7. The van der Waals surface area contributed by atoms with Crippen LogP contribution in [0.15, 0.2) is 71.8 Å². The van der Waals surface area contributed by atoms with E-state index in [0.29, 0.717) is 12.2 Å². The number of carbonyl (C=O) groups is 1. The second-order valence-electron chi connectivity index (χ2n) is 8.95. The number of anilines is 1. The molecule has 0 aliphatic heterocycles. The van der Waals surface area contributed by atoms with Crippen molar-refractivity contribution in [2.45, 2.75) is 39.0 Å². The zero-order chi connectivity index (χ0) is 25.7. The van der Waals surface area contributed by atoms with Crippen LogP contribution in [0.2, 0.25) is 0 Å². The molecular formula is C26H29N5O5. The van der Waals surface area contributed by atoms with Gasteiger partial charge >= 0.3 is 0 Å². The molecule has 0 aliphatic rings. The van der Waals surface area contributed by atoms with E-state index in [1.807, 2.05) is 56.3 Å². The Bertz CT molecular complexity index is 1390. The van der Waals surface area contributed by atoms with Crippen LogP contribution in [-0.2, 0) is 11.3 Å². The van der Waals surface area contributed by atoms with Gasteiger partial charge in [-0.2, -0.15) is 10.2 Å². The molecule has 188 valence electrons. The maximum absolute atomic E-state index is 13.1. The summed E-state index contributed by atoms with van der Waals surface area (Å²) < 4.78 is 8.53. The highest BCUT2D eigenvalue weighted by Crippen LogP contribution is 2.29. The van der Waals surface area contributed by atoms with E-state index in [1.54, 1.807) is 12.3 Å². The fraction of sp³-hybridized carbons (Fsp3) is 0.308. The third-order valence-corrected chi connectivity index (χ3v) is 5.57.